The van der Waals surface area contributed by atoms with Gasteiger partial charge in [0, 0.05) is 21.4 Å². The molecule has 1 amide bonds. The van der Waals surface area contributed by atoms with Gasteiger partial charge in [-0.2, -0.15) is 0 Å². The summed E-state index contributed by atoms with van der Waals surface area (Å²) in [6.07, 6.45) is 0. The highest BCUT2D eigenvalue weighted by atomic mass is 35.5. The topological polar surface area (TPSA) is 81.1 Å². The van der Waals surface area contributed by atoms with Crippen molar-refractivity contribution in [2.75, 3.05) is 11.5 Å². The van der Waals surface area contributed by atoms with Gasteiger partial charge in [0.05, 0.1) is 5.41 Å². The van der Waals surface area contributed by atoms with Gasteiger partial charge >= 0.3 is 0 Å². The van der Waals surface area contributed by atoms with E-state index in [1.807, 2.05) is 19.9 Å². The van der Waals surface area contributed by atoms with E-state index in [0.29, 0.717) is 16.5 Å². The standard InChI is InChI=1S/C11H16ClN3OS/c1-11(2,10(16)15-14)6-17-9-4-3-7(12)5-8(9)13/h3-5H,6,13-14H2,1-2H3,(H,15,16). The van der Waals surface area contributed by atoms with Crippen LogP contribution in [0.3, 0.4) is 0 Å². The van der Waals surface area contributed by atoms with Gasteiger partial charge in [-0.05, 0) is 18.2 Å². The Balaban J connectivity index is 2.70. The van der Waals surface area contributed by atoms with Crippen molar-refractivity contribution < 1.29 is 4.79 Å². The number of nitrogens with one attached hydrogen (secondary N) is 1. The molecule has 6 heteroatoms. The summed E-state index contributed by atoms with van der Waals surface area (Å²) in [6.45, 7) is 3.66. The predicted octanol–water partition coefficient (Wildman–Crippen LogP) is 2.03. The van der Waals surface area contributed by atoms with E-state index in [2.05, 4.69) is 5.43 Å². The van der Waals surface area contributed by atoms with E-state index in [9.17, 15) is 4.79 Å². The number of anilines is 1. The zero-order chi connectivity index (χ0) is 13.1. The number of hydrogen-bond acceptors (Lipinski definition) is 4. The number of halogens is 1. The third kappa shape index (κ3) is 3.80. The average molecular weight is 274 g/mol. The van der Waals surface area contributed by atoms with E-state index in [1.165, 1.54) is 11.8 Å². The van der Waals surface area contributed by atoms with Crippen molar-refractivity contribution in [3.63, 3.8) is 0 Å². The number of nitrogens with two attached hydrogens (primary N) is 2. The molecule has 0 saturated heterocycles. The van der Waals surface area contributed by atoms with Crippen molar-refractivity contribution in [2.24, 2.45) is 11.3 Å². The van der Waals surface area contributed by atoms with E-state index in [4.69, 9.17) is 23.2 Å². The lowest BCUT2D eigenvalue weighted by molar-refractivity contribution is -0.128. The Bertz CT molecular complexity index is 423. The molecule has 0 atom stereocenters. The van der Waals surface area contributed by atoms with Crippen LogP contribution >= 0.6 is 23.4 Å². The van der Waals surface area contributed by atoms with Crippen LogP contribution in [0.5, 0.6) is 0 Å². The van der Waals surface area contributed by atoms with Gasteiger partial charge in [-0.25, -0.2) is 5.84 Å². The molecule has 0 radical (unpaired) electrons. The lowest BCUT2D eigenvalue weighted by atomic mass is 9.96. The molecule has 1 aromatic rings. The number of amides is 1. The highest BCUT2D eigenvalue weighted by Crippen LogP contribution is 2.32. The van der Waals surface area contributed by atoms with Crippen molar-refractivity contribution in [1.82, 2.24) is 5.43 Å². The Morgan fingerprint density at radius 2 is 2.18 bits per heavy atom. The van der Waals surface area contributed by atoms with Gasteiger partial charge in [-0.1, -0.05) is 25.4 Å². The molecule has 0 saturated carbocycles. The third-order valence-corrected chi connectivity index (χ3v) is 4.09. The van der Waals surface area contributed by atoms with Crippen molar-refractivity contribution in [2.45, 2.75) is 18.7 Å². The number of benzene rings is 1. The summed E-state index contributed by atoms with van der Waals surface area (Å²) in [5.41, 5.74) is 8.06. The fourth-order valence-electron chi connectivity index (χ4n) is 1.17. The Kier molecular flexibility index (Phi) is 4.68. The normalized spacial score (nSPS) is 11.3. The van der Waals surface area contributed by atoms with Crippen LogP contribution in [-0.4, -0.2) is 11.7 Å². The zero-order valence-electron chi connectivity index (χ0n) is 9.79. The van der Waals surface area contributed by atoms with Crippen LogP contribution in [0, 0.1) is 5.41 Å². The SMILES string of the molecule is CC(C)(CSc1ccc(Cl)cc1N)C(=O)NN. The minimum absolute atomic E-state index is 0.197. The van der Waals surface area contributed by atoms with E-state index in [0.717, 1.165) is 4.90 Å². The molecule has 0 unspecified atom stereocenters. The lowest BCUT2D eigenvalue weighted by Gasteiger charge is -2.21. The van der Waals surface area contributed by atoms with Gasteiger partial charge in [0.1, 0.15) is 0 Å². The summed E-state index contributed by atoms with van der Waals surface area (Å²) in [5.74, 6) is 5.51. The number of hydrogen-bond donors (Lipinski definition) is 3. The maximum Gasteiger partial charge on any atom is 0.240 e. The average Bonchev–Trinajstić information content (AvgIpc) is 2.26. The van der Waals surface area contributed by atoms with Gasteiger partial charge in [-0.15, -0.1) is 11.8 Å². The summed E-state index contributed by atoms with van der Waals surface area (Å²) >= 11 is 7.32. The predicted molar refractivity (Wildman–Crippen MR) is 72.7 cm³/mol. The maximum absolute atomic E-state index is 11.5. The zero-order valence-corrected chi connectivity index (χ0v) is 11.4. The number of nitrogen functional groups attached to an aromatic ring is 1. The second-order valence-corrected chi connectivity index (χ2v) is 5.78. The molecule has 1 aromatic carbocycles. The maximum atomic E-state index is 11.5. The molecule has 94 valence electrons. The molecule has 17 heavy (non-hydrogen) atoms. The molecule has 1 rings (SSSR count). The number of thioether (sulfide) groups is 1. The van der Waals surface area contributed by atoms with Crippen LogP contribution in [0.4, 0.5) is 5.69 Å². The summed E-state index contributed by atoms with van der Waals surface area (Å²) in [6, 6.07) is 5.31. The van der Waals surface area contributed by atoms with E-state index < -0.39 is 5.41 Å². The highest BCUT2D eigenvalue weighted by Gasteiger charge is 2.27. The van der Waals surface area contributed by atoms with Crippen LogP contribution in [0.2, 0.25) is 5.02 Å². The van der Waals surface area contributed by atoms with Crippen LogP contribution in [0.25, 0.3) is 0 Å². The molecule has 0 aromatic heterocycles. The highest BCUT2D eigenvalue weighted by molar-refractivity contribution is 7.99. The number of carbonyl (C=O) groups is 1. The number of hydrazine groups is 1. The van der Waals surface area contributed by atoms with Crippen molar-refractivity contribution in [3.8, 4) is 0 Å². The van der Waals surface area contributed by atoms with Crippen molar-refractivity contribution in [1.29, 1.82) is 0 Å². The van der Waals surface area contributed by atoms with E-state index in [-0.39, 0.29) is 5.91 Å². The molecule has 0 bridgehead atoms. The molecule has 0 aliphatic rings. The second kappa shape index (κ2) is 5.62. The Morgan fingerprint density at radius 1 is 1.53 bits per heavy atom. The second-order valence-electron chi connectivity index (χ2n) is 4.33. The van der Waals surface area contributed by atoms with Gasteiger partial charge < -0.3 is 5.73 Å². The fraction of sp³-hybridized carbons (Fsp3) is 0.364. The Labute approximate surface area is 110 Å². The molecule has 4 nitrogen and oxygen atoms in total. The summed E-state index contributed by atoms with van der Waals surface area (Å²) in [5, 5.41) is 0.603. The lowest BCUT2D eigenvalue weighted by Crippen LogP contribution is -2.42. The first kappa shape index (κ1) is 14.2. The first-order valence-electron chi connectivity index (χ1n) is 5.05. The van der Waals surface area contributed by atoms with Crippen LogP contribution in [0.15, 0.2) is 23.1 Å². The quantitative estimate of drug-likeness (QED) is 0.258. The van der Waals surface area contributed by atoms with Crippen molar-refractivity contribution in [3.05, 3.63) is 23.2 Å². The van der Waals surface area contributed by atoms with E-state index in [1.54, 1.807) is 12.1 Å². The first-order valence-corrected chi connectivity index (χ1v) is 6.42. The van der Waals surface area contributed by atoms with Crippen molar-refractivity contribution >= 4 is 35.0 Å². The van der Waals surface area contributed by atoms with Gasteiger partial charge in [0.15, 0.2) is 0 Å². The minimum atomic E-state index is -0.550. The molecule has 0 aliphatic carbocycles. The summed E-state index contributed by atoms with van der Waals surface area (Å²) in [4.78, 5) is 12.4. The smallest absolute Gasteiger partial charge is 0.240 e. The molecule has 5 N–H and O–H groups in total. The monoisotopic (exact) mass is 273 g/mol. The Morgan fingerprint density at radius 3 is 2.71 bits per heavy atom. The number of rotatable bonds is 4. The summed E-state index contributed by atoms with van der Waals surface area (Å²) < 4.78 is 0. The molecule has 0 heterocycles. The molecular formula is C11H16ClN3OS. The van der Waals surface area contributed by atoms with E-state index >= 15 is 0 Å². The van der Waals surface area contributed by atoms with Crippen LogP contribution < -0.4 is 17.0 Å². The fourth-order valence-corrected chi connectivity index (χ4v) is 2.39. The van der Waals surface area contributed by atoms with Gasteiger partial charge in [-0.3, -0.25) is 10.2 Å². The first-order chi connectivity index (χ1) is 7.86. The number of carbonyl (C=O) groups excluding carboxylic acids is 1. The largest absolute Gasteiger partial charge is 0.398 e. The molecular weight excluding hydrogens is 258 g/mol. The van der Waals surface area contributed by atoms with Crippen LogP contribution in [-0.2, 0) is 4.79 Å². The molecule has 0 aliphatic heterocycles. The molecule has 0 fully saturated rings. The Hall–Kier alpha value is -0.910. The summed E-state index contributed by atoms with van der Waals surface area (Å²) in [7, 11) is 0. The minimum Gasteiger partial charge on any atom is -0.398 e. The van der Waals surface area contributed by atoms with Gasteiger partial charge in [0.25, 0.3) is 0 Å². The molecule has 0 spiro atoms. The van der Waals surface area contributed by atoms with Gasteiger partial charge in [0.2, 0.25) is 5.91 Å². The third-order valence-electron chi connectivity index (χ3n) is 2.31. The van der Waals surface area contributed by atoms with Crippen LogP contribution in [0.1, 0.15) is 13.8 Å².